The van der Waals surface area contributed by atoms with E-state index in [1.54, 1.807) is 6.07 Å². The zero-order valence-corrected chi connectivity index (χ0v) is 9.99. The highest BCUT2D eigenvalue weighted by Crippen LogP contribution is 2.17. The van der Waals surface area contributed by atoms with Gasteiger partial charge in [-0.15, -0.1) is 0 Å². The van der Waals surface area contributed by atoms with Crippen LogP contribution in [-0.4, -0.2) is 40.0 Å². The summed E-state index contributed by atoms with van der Waals surface area (Å²) in [6, 6.07) is 2.73. The van der Waals surface area contributed by atoms with E-state index in [-0.39, 0.29) is 23.6 Å². The van der Waals surface area contributed by atoms with E-state index in [9.17, 15) is 19.7 Å². The molecule has 0 saturated carbocycles. The van der Waals surface area contributed by atoms with Crippen LogP contribution in [0.25, 0.3) is 0 Å². The number of hydrogen-bond donors (Lipinski definition) is 3. The van der Waals surface area contributed by atoms with E-state index in [4.69, 9.17) is 10.4 Å². The van der Waals surface area contributed by atoms with Crippen molar-refractivity contribution in [1.29, 1.82) is 5.26 Å². The summed E-state index contributed by atoms with van der Waals surface area (Å²) < 4.78 is 0. The molecule has 0 aliphatic rings. The van der Waals surface area contributed by atoms with Gasteiger partial charge in [0.25, 0.3) is 5.69 Å². The fraction of sp³-hybridized carbons (Fsp3) is 0.200. The van der Waals surface area contributed by atoms with Gasteiger partial charge in [-0.05, 0) is 0 Å². The van der Waals surface area contributed by atoms with Crippen molar-refractivity contribution in [2.45, 2.75) is 0 Å². The minimum Gasteiger partial charge on any atom is -0.480 e. The van der Waals surface area contributed by atoms with Gasteiger partial charge < -0.3 is 15.7 Å². The highest BCUT2D eigenvalue weighted by Gasteiger charge is 2.13. The average Bonchev–Trinajstić information content (AvgIpc) is 2.42. The topological polar surface area (TPSA) is 158 Å². The van der Waals surface area contributed by atoms with Crippen molar-refractivity contribution in [2.24, 2.45) is 0 Å². The molecule has 0 saturated heterocycles. The molecule has 0 atom stereocenters. The maximum atomic E-state index is 11.2. The molecule has 3 N–H and O–H groups in total. The number of amides is 1. The number of carbonyl (C=O) groups excluding carboxylic acids is 1. The van der Waals surface area contributed by atoms with Crippen LogP contribution in [0.4, 0.5) is 11.5 Å². The molecule has 20 heavy (non-hydrogen) atoms. The van der Waals surface area contributed by atoms with Gasteiger partial charge in [0.1, 0.15) is 30.2 Å². The summed E-state index contributed by atoms with van der Waals surface area (Å²) in [5.41, 5.74) is -0.437. The molecule has 0 unspecified atom stereocenters. The van der Waals surface area contributed by atoms with Crippen LogP contribution in [0.2, 0.25) is 0 Å². The lowest BCUT2D eigenvalue weighted by Crippen LogP contribution is -2.34. The molecular formula is C10H9N5O5. The van der Waals surface area contributed by atoms with Crippen molar-refractivity contribution in [2.75, 3.05) is 18.4 Å². The van der Waals surface area contributed by atoms with E-state index < -0.39 is 23.3 Å². The molecule has 1 heterocycles. The number of hydrogen-bond acceptors (Lipinski definition) is 7. The third-order valence-corrected chi connectivity index (χ3v) is 2.06. The zero-order valence-electron chi connectivity index (χ0n) is 9.99. The van der Waals surface area contributed by atoms with E-state index in [1.807, 2.05) is 0 Å². The summed E-state index contributed by atoms with van der Waals surface area (Å²) in [6.07, 6.45) is 0.943. The number of nitriles is 1. The normalized spacial score (nSPS) is 9.35. The van der Waals surface area contributed by atoms with Gasteiger partial charge in [0.2, 0.25) is 5.91 Å². The van der Waals surface area contributed by atoms with Gasteiger partial charge in [-0.2, -0.15) is 5.26 Å². The third-order valence-electron chi connectivity index (χ3n) is 2.06. The molecule has 1 amide bonds. The quantitative estimate of drug-likeness (QED) is 0.463. The van der Waals surface area contributed by atoms with Crippen LogP contribution < -0.4 is 10.6 Å². The molecule has 0 aromatic carbocycles. The molecule has 0 spiro atoms. The smallest absolute Gasteiger partial charge is 0.322 e. The Morgan fingerprint density at radius 2 is 2.20 bits per heavy atom. The van der Waals surface area contributed by atoms with Crippen LogP contribution >= 0.6 is 0 Å². The van der Waals surface area contributed by atoms with Crippen LogP contribution in [0.5, 0.6) is 0 Å². The molecule has 1 aromatic heterocycles. The van der Waals surface area contributed by atoms with E-state index in [0.717, 1.165) is 12.3 Å². The van der Waals surface area contributed by atoms with Crippen LogP contribution in [0.15, 0.2) is 12.3 Å². The van der Waals surface area contributed by atoms with Crippen molar-refractivity contribution in [1.82, 2.24) is 10.3 Å². The van der Waals surface area contributed by atoms with E-state index >= 15 is 0 Å². The van der Waals surface area contributed by atoms with Gasteiger partial charge in [-0.25, -0.2) is 4.98 Å². The number of carboxylic acid groups (broad SMARTS) is 1. The molecule has 0 aliphatic carbocycles. The second-order valence-electron chi connectivity index (χ2n) is 3.48. The van der Waals surface area contributed by atoms with E-state index in [0.29, 0.717) is 0 Å². The molecule has 0 aliphatic heterocycles. The summed E-state index contributed by atoms with van der Waals surface area (Å²) in [5.74, 6) is -1.80. The van der Waals surface area contributed by atoms with E-state index in [1.165, 1.54) is 0 Å². The lowest BCUT2D eigenvalue weighted by Gasteiger charge is -2.06. The summed E-state index contributed by atoms with van der Waals surface area (Å²) in [5, 5.41) is 32.3. The van der Waals surface area contributed by atoms with Crippen molar-refractivity contribution >= 4 is 23.4 Å². The average molecular weight is 279 g/mol. The first-order valence-electron chi connectivity index (χ1n) is 5.21. The van der Waals surface area contributed by atoms with Crippen LogP contribution in [0.1, 0.15) is 5.56 Å². The summed E-state index contributed by atoms with van der Waals surface area (Å²) in [7, 11) is 0. The van der Waals surface area contributed by atoms with Gasteiger partial charge in [0, 0.05) is 6.07 Å². The highest BCUT2D eigenvalue weighted by atomic mass is 16.6. The van der Waals surface area contributed by atoms with Crippen LogP contribution in [0.3, 0.4) is 0 Å². The Morgan fingerprint density at radius 3 is 2.75 bits per heavy atom. The van der Waals surface area contributed by atoms with Crippen LogP contribution in [0, 0.1) is 21.4 Å². The number of nitrogens with zero attached hydrogens (tertiary/aromatic N) is 3. The Balaban J connectivity index is 2.69. The number of nitro groups is 1. The fourth-order valence-electron chi connectivity index (χ4n) is 1.18. The number of carboxylic acids is 1. The Labute approximate surface area is 112 Å². The third kappa shape index (κ3) is 4.22. The first kappa shape index (κ1) is 14.8. The molecule has 1 rings (SSSR count). The number of nitrogens with one attached hydrogen (secondary N) is 2. The maximum Gasteiger partial charge on any atom is 0.322 e. The van der Waals surface area contributed by atoms with Gasteiger partial charge in [0.15, 0.2) is 0 Å². The Morgan fingerprint density at radius 1 is 1.50 bits per heavy atom. The SMILES string of the molecule is N#Cc1cc([N+](=O)[O-])cnc1NCC(=O)NCC(=O)O. The standard InChI is InChI=1S/C10H9N5O5/c11-2-6-1-7(15(19)20)3-13-10(6)14-4-8(16)12-5-9(17)18/h1,3H,4-5H2,(H,12,16)(H,13,14)(H,17,18). The van der Waals surface area contributed by atoms with Gasteiger partial charge >= 0.3 is 5.97 Å². The van der Waals surface area contributed by atoms with Crippen molar-refractivity contribution in [3.63, 3.8) is 0 Å². The molecular weight excluding hydrogens is 270 g/mol. The number of aliphatic carboxylic acids is 1. The minimum absolute atomic E-state index is 0.00331. The van der Waals surface area contributed by atoms with E-state index in [2.05, 4.69) is 15.6 Å². The molecule has 10 nitrogen and oxygen atoms in total. The first-order chi connectivity index (χ1) is 9.43. The number of carbonyl (C=O) groups is 2. The van der Waals surface area contributed by atoms with Crippen LogP contribution in [-0.2, 0) is 9.59 Å². The Bertz CT molecular complexity index is 594. The minimum atomic E-state index is -1.19. The fourth-order valence-corrected chi connectivity index (χ4v) is 1.18. The number of anilines is 1. The van der Waals surface area contributed by atoms with Crippen molar-refractivity contribution in [3.05, 3.63) is 27.9 Å². The molecule has 0 radical (unpaired) electrons. The first-order valence-corrected chi connectivity index (χ1v) is 5.21. The second-order valence-corrected chi connectivity index (χ2v) is 3.48. The number of aromatic nitrogens is 1. The van der Waals surface area contributed by atoms with Crippen molar-refractivity contribution in [3.8, 4) is 6.07 Å². The molecule has 1 aromatic rings. The molecule has 10 heteroatoms. The predicted molar refractivity (Wildman–Crippen MR) is 64.7 cm³/mol. The monoisotopic (exact) mass is 279 g/mol. The predicted octanol–water partition coefficient (Wildman–Crippen LogP) is -0.526. The molecule has 0 bridgehead atoms. The Kier molecular flexibility index (Phi) is 4.93. The van der Waals surface area contributed by atoms with Gasteiger partial charge in [0.05, 0.1) is 11.5 Å². The lowest BCUT2D eigenvalue weighted by molar-refractivity contribution is -0.385. The number of rotatable bonds is 6. The Hall–Kier alpha value is -3.22. The maximum absolute atomic E-state index is 11.2. The summed E-state index contributed by atoms with van der Waals surface area (Å²) >= 11 is 0. The highest BCUT2D eigenvalue weighted by molar-refractivity contribution is 5.84. The van der Waals surface area contributed by atoms with Gasteiger partial charge in [-0.3, -0.25) is 19.7 Å². The van der Waals surface area contributed by atoms with Crippen molar-refractivity contribution < 1.29 is 19.6 Å². The second kappa shape index (κ2) is 6.64. The lowest BCUT2D eigenvalue weighted by atomic mass is 10.2. The zero-order chi connectivity index (χ0) is 15.1. The molecule has 104 valence electrons. The summed E-state index contributed by atoms with van der Waals surface area (Å²) in [4.78, 5) is 34.9. The largest absolute Gasteiger partial charge is 0.480 e. The van der Waals surface area contributed by atoms with Gasteiger partial charge in [-0.1, -0.05) is 0 Å². The number of pyridine rings is 1. The summed E-state index contributed by atoms with van der Waals surface area (Å²) in [6.45, 7) is -0.841. The molecule has 0 fully saturated rings.